The van der Waals surface area contributed by atoms with Crippen molar-refractivity contribution in [1.29, 1.82) is 0 Å². The Morgan fingerprint density at radius 1 is 1.44 bits per heavy atom. The number of carbonyl (C=O) groups excluding carboxylic acids is 1. The number of thioether (sulfide) groups is 1. The second-order valence-corrected chi connectivity index (χ2v) is 5.78. The predicted octanol–water partition coefficient (Wildman–Crippen LogP) is 1.22. The summed E-state index contributed by atoms with van der Waals surface area (Å²) in [5.41, 5.74) is 0. The van der Waals surface area contributed by atoms with Crippen molar-refractivity contribution >= 4 is 23.6 Å². The molecule has 3 unspecified atom stereocenters. The van der Waals surface area contributed by atoms with Gasteiger partial charge >= 0.3 is 5.97 Å². The van der Waals surface area contributed by atoms with E-state index in [0.29, 0.717) is 31.1 Å². The first-order chi connectivity index (χ1) is 8.56. The maximum absolute atomic E-state index is 11.9. The van der Waals surface area contributed by atoms with Gasteiger partial charge in [0.05, 0.1) is 17.6 Å². The van der Waals surface area contributed by atoms with Gasteiger partial charge < -0.3 is 10.4 Å². The van der Waals surface area contributed by atoms with Crippen molar-refractivity contribution in [2.45, 2.75) is 19.8 Å². The smallest absolute Gasteiger partial charge is 0.307 e. The van der Waals surface area contributed by atoms with Crippen LogP contribution in [0.25, 0.3) is 0 Å². The van der Waals surface area contributed by atoms with Gasteiger partial charge in [0, 0.05) is 12.3 Å². The lowest BCUT2D eigenvalue weighted by Crippen LogP contribution is -2.36. The molecule has 0 spiro atoms. The Labute approximate surface area is 112 Å². The summed E-state index contributed by atoms with van der Waals surface area (Å²) in [6.45, 7) is 2.54. The number of carbonyl (C=O) groups is 2. The monoisotopic (exact) mass is 269 g/mol. The van der Waals surface area contributed by atoms with E-state index in [2.05, 4.69) is 11.2 Å². The molecule has 4 nitrogen and oxygen atoms in total. The van der Waals surface area contributed by atoms with Crippen LogP contribution in [0.15, 0.2) is 0 Å². The van der Waals surface area contributed by atoms with Crippen molar-refractivity contribution in [2.24, 2.45) is 17.8 Å². The van der Waals surface area contributed by atoms with Crippen molar-refractivity contribution < 1.29 is 14.7 Å². The number of nitrogens with one attached hydrogen (secondary N) is 1. The molecule has 18 heavy (non-hydrogen) atoms. The summed E-state index contributed by atoms with van der Waals surface area (Å²) in [6, 6.07) is 0. The van der Waals surface area contributed by atoms with E-state index in [1.54, 1.807) is 11.8 Å². The summed E-state index contributed by atoms with van der Waals surface area (Å²) in [5.74, 6) is 2.31. The van der Waals surface area contributed by atoms with Crippen LogP contribution >= 0.6 is 11.8 Å². The van der Waals surface area contributed by atoms with Crippen molar-refractivity contribution in [2.75, 3.05) is 18.1 Å². The van der Waals surface area contributed by atoms with Crippen LogP contribution in [0.4, 0.5) is 0 Å². The molecule has 1 amide bonds. The largest absolute Gasteiger partial charge is 0.481 e. The number of aliphatic carboxylic acids is 1. The molecule has 0 aliphatic heterocycles. The Hall–Kier alpha value is -1.15. The van der Waals surface area contributed by atoms with E-state index >= 15 is 0 Å². The lowest BCUT2D eigenvalue weighted by Gasteiger charge is -2.15. The van der Waals surface area contributed by atoms with Gasteiger partial charge in [0.1, 0.15) is 0 Å². The molecule has 5 heteroatoms. The fourth-order valence-corrected chi connectivity index (χ4v) is 2.87. The molecule has 0 aromatic carbocycles. The van der Waals surface area contributed by atoms with Crippen molar-refractivity contribution in [3.05, 3.63) is 0 Å². The zero-order valence-corrected chi connectivity index (χ0v) is 11.3. The third kappa shape index (κ3) is 4.26. The number of hydrogen-bond donors (Lipinski definition) is 2. The zero-order valence-electron chi connectivity index (χ0n) is 10.5. The molecule has 0 radical (unpaired) electrons. The quantitative estimate of drug-likeness (QED) is 0.562. The summed E-state index contributed by atoms with van der Waals surface area (Å²) in [4.78, 5) is 23.0. The second kappa shape index (κ2) is 7.32. The van der Waals surface area contributed by atoms with Gasteiger partial charge in [-0.2, -0.15) is 0 Å². The first-order valence-corrected chi connectivity index (χ1v) is 7.23. The molecule has 2 N–H and O–H groups in total. The SMILES string of the molecule is C#CCSCCNC(=O)C1CC(C)CC1C(=O)O. The molecule has 1 aliphatic carbocycles. The maximum Gasteiger partial charge on any atom is 0.307 e. The summed E-state index contributed by atoms with van der Waals surface area (Å²) >= 11 is 1.58. The van der Waals surface area contributed by atoms with E-state index in [0.717, 1.165) is 5.75 Å². The van der Waals surface area contributed by atoms with E-state index in [1.807, 2.05) is 6.92 Å². The van der Waals surface area contributed by atoms with Crippen molar-refractivity contribution in [3.63, 3.8) is 0 Å². The fraction of sp³-hybridized carbons (Fsp3) is 0.692. The molecule has 3 atom stereocenters. The number of rotatable bonds is 6. The molecule has 0 aromatic heterocycles. The van der Waals surface area contributed by atoms with Gasteiger partial charge in [-0.05, 0) is 18.8 Å². The molecule has 100 valence electrons. The van der Waals surface area contributed by atoms with Gasteiger partial charge in [-0.3, -0.25) is 9.59 Å². The third-order valence-electron chi connectivity index (χ3n) is 3.18. The number of carboxylic acids is 1. The van der Waals surface area contributed by atoms with E-state index < -0.39 is 11.9 Å². The van der Waals surface area contributed by atoms with Gasteiger partial charge in [0.2, 0.25) is 5.91 Å². The van der Waals surface area contributed by atoms with Gasteiger partial charge in [-0.25, -0.2) is 0 Å². The predicted molar refractivity (Wildman–Crippen MR) is 72.2 cm³/mol. The molecule has 1 saturated carbocycles. The Bertz CT molecular complexity index is 351. The van der Waals surface area contributed by atoms with Crippen LogP contribution in [0.5, 0.6) is 0 Å². The summed E-state index contributed by atoms with van der Waals surface area (Å²) in [7, 11) is 0. The molecule has 1 fully saturated rings. The van der Waals surface area contributed by atoms with Crippen LogP contribution in [0.2, 0.25) is 0 Å². The number of carboxylic acid groups (broad SMARTS) is 1. The third-order valence-corrected chi connectivity index (χ3v) is 4.05. The van der Waals surface area contributed by atoms with E-state index in [1.165, 1.54) is 0 Å². The van der Waals surface area contributed by atoms with Crippen molar-refractivity contribution in [3.8, 4) is 12.3 Å². The summed E-state index contributed by atoms with van der Waals surface area (Å²) in [6.07, 6.45) is 6.38. The van der Waals surface area contributed by atoms with Crippen LogP contribution in [-0.4, -0.2) is 35.0 Å². The maximum atomic E-state index is 11.9. The molecular weight excluding hydrogens is 250 g/mol. The Balaban J connectivity index is 2.36. The number of amides is 1. The molecule has 0 heterocycles. The molecule has 0 aromatic rings. The zero-order chi connectivity index (χ0) is 13.5. The Morgan fingerprint density at radius 2 is 2.11 bits per heavy atom. The Morgan fingerprint density at radius 3 is 2.72 bits per heavy atom. The second-order valence-electron chi connectivity index (χ2n) is 4.68. The van der Waals surface area contributed by atoms with E-state index in [-0.39, 0.29) is 11.8 Å². The molecule has 0 saturated heterocycles. The Kier molecular flexibility index (Phi) is 6.06. The molecular formula is C13H19NO3S. The van der Waals surface area contributed by atoms with Crippen LogP contribution in [0.3, 0.4) is 0 Å². The van der Waals surface area contributed by atoms with Crippen LogP contribution < -0.4 is 5.32 Å². The standard InChI is InChI=1S/C13H19NO3S/c1-3-5-18-6-4-14-12(15)10-7-9(2)8-11(10)13(16)17/h1,9-11H,4-8H2,2H3,(H,14,15)(H,16,17). The summed E-state index contributed by atoms with van der Waals surface area (Å²) < 4.78 is 0. The topological polar surface area (TPSA) is 66.4 Å². The molecule has 1 aliphatic rings. The van der Waals surface area contributed by atoms with E-state index in [9.17, 15) is 9.59 Å². The lowest BCUT2D eigenvalue weighted by molar-refractivity contribution is -0.146. The van der Waals surface area contributed by atoms with Gasteiger partial charge in [-0.1, -0.05) is 12.8 Å². The molecule has 0 bridgehead atoms. The minimum Gasteiger partial charge on any atom is -0.481 e. The van der Waals surface area contributed by atoms with E-state index in [4.69, 9.17) is 11.5 Å². The normalized spacial score (nSPS) is 26.6. The highest BCUT2D eigenvalue weighted by molar-refractivity contribution is 7.99. The van der Waals surface area contributed by atoms with Gasteiger partial charge in [-0.15, -0.1) is 18.2 Å². The highest BCUT2D eigenvalue weighted by atomic mass is 32.2. The average Bonchev–Trinajstić information content (AvgIpc) is 2.71. The minimum absolute atomic E-state index is 0.131. The minimum atomic E-state index is -0.860. The number of hydrogen-bond acceptors (Lipinski definition) is 3. The highest BCUT2D eigenvalue weighted by Crippen LogP contribution is 2.36. The summed E-state index contributed by atoms with van der Waals surface area (Å²) in [5, 5.41) is 11.9. The van der Waals surface area contributed by atoms with Crippen LogP contribution in [0.1, 0.15) is 19.8 Å². The van der Waals surface area contributed by atoms with Gasteiger partial charge in [0.25, 0.3) is 0 Å². The average molecular weight is 269 g/mol. The van der Waals surface area contributed by atoms with Crippen molar-refractivity contribution in [1.82, 2.24) is 5.32 Å². The lowest BCUT2D eigenvalue weighted by atomic mass is 9.95. The van der Waals surface area contributed by atoms with Crippen LogP contribution in [-0.2, 0) is 9.59 Å². The fourth-order valence-electron chi connectivity index (χ4n) is 2.36. The first kappa shape index (κ1) is 14.9. The van der Waals surface area contributed by atoms with Gasteiger partial charge in [0.15, 0.2) is 0 Å². The highest BCUT2D eigenvalue weighted by Gasteiger charge is 2.40. The first-order valence-electron chi connectivity index (χ1n) is 6.08. The van der Waals surface area contributed by atoms with Crippen LogP contribution in [0, 0.1) is 30.1 Å². The number of terminal acetylenes is 1. The molecule has 1 rings (SSSR count).